The van der Waals surface area contributed by atoms with E-state index >= 15 is 0 Å². The quantitative estimate of drug-likeness (QED) is 0.273. The van der Waals surface area contributed by atoms with Crippen molar-refractivity contribution in [3.63, 3.8) is 0 Å². The summed E-state index contributed by atoms with van der Waals surface area (Å²) in [6.07, 6.45) is 0.869. The highest BCUT2D eigenvalue weighted by atomic mass is 16.4. The minimum absolute atomic E-state index is 0.183. The van der Waals surface area contributed by atoms with Crippen molar-refractivity contribution in [1.29, 1.82) is 0 Å². The highest BCUT2D eigenvalue weighted by Gasteiger charge is 2.29. The summed E-state index contributed by atoms with van der Waals surface area (Å²) in [4.78, 5) is 45.6. The molecule has 2 amide bonds. The molecule has 0 aromatic carbocycles. The molecule has 1 aliphatic rings. The second kappa shape index (κ2) is 9.06. The lowest BCUT2D eigenvalue weighted by atomic mass is 10.1. The van der Waals surface area contributed by atoms with Crippen LogP contribution in [0, 0.1) is 0 Å². The molecule has 6 N–H and O–H groups in total. The number of nitrogens with one attached hydrogen (secondary N) is 3. The Balaban J connectivity index is 2.69. The molecule has 0 unspecified atom stereocenters. The van der Waals surface area contributed by atoms with Gasteiger partial charge in [-0.05, 0) is 25.8 Å². The third-order valence-electron chi connectivity index (χ3n) is 3.45. The Kier molecular flexibility index (Phi) is 7.42. The number of amides is 2. The number of carboxylic acid groups (broad SMARTS) is 2. The summed E-state index contributed by atoms with van der Waals surface area (Å²) < 4.78 is 0. The third kappa shape index (κ3) is 6.20. The average Bonchev–Trinajstić information content (AvgIpc) is 3.02. The van der Waals surface area contributed by atoms with E-state index in [-0.39, 0.29) is 12.8 Å². The number of aliphatic hydroxyl groups excluding tert-OH is 1. The molecule has 1 rings (SSSR count). The van der Waals surface area contributed by atoms with Crippen molar-refractivity contribution in [3.8, 4) is 0 Å². The van der Waals surface area contributed by atoms with Gasteiger partial charge in [-0.1, -0.05) is 0 Å². The molecule has 0 aromatic rings. The highest BCUT2D eigenvalue weighted by Crippen LogP contribution is 2.07. The predicted octanol–water partition coefficient (Wildman–Crippen LogP) is -2.35. The van der Waals surface area contributed by atoms with Gasteiger partial charge in [0.2, 0.25) is 11.8 Å². The van der Waals surface area contributed by atoms with Gasteiger partial charge in [0.05, 0.1) is 12.6 Å². The molecule has 10 nitrogen and oxygen atoms in total. The summed E-state index contributed by atoms with van der Waals surface area (Å²) in [5.74, 6) is -3.86. The smallest absolute Gasteiger partial charge is 0.328 e. The van der Waals surface area contributed by atoms with Gasteiger partial charge in [-0.3, -0.25) is 14.4 Å². The lowest BCUT2D eigenvalue weighted by Gasteiger charge is -2.21. The molecule has 1 heterocycles. The summed E-state index contributed by atoms with van der Waals surface area (Å²) >= 11 is 0. The van der Waals surface area contributed by atoms with Crippen LogP contribution in [0.15, 0.2) is 0 Å². The molecule has 1 aliphatic heterocycles. The number of carbonyl (C=O) groups is 4. The van der Waals surface area contributed by atoms with Crippen LogP contribution in [-0.2, 0) is 19.2 Å². The summed E-state index contributed by atoms with van der Waals surface area (Å²) in [5, 5.41) is 33.9. The van der Waals surface area contributed by atoms with Gasteiger partial charge in [0.1, 0.15) is 12.1 Å². The van der Waals surface area contributed by atoms with Crippen LogP contribution in [0.4, 0.5) is 0 Å². The van der Waals surface area contributed by atoms with E-state index in [1.165, 1.54) is 0 Å². The zero-order valence-electron chi connectivity index (χ0n) is 12.4. The van der Waals surface area contributed by atoms with Gasteiger partial charge >= 0.3 is 11.9 Å². The Labute approximate surface area is 132 Å². The normalized spacial score (nSPS) is 19.6. The molecular formula is C13H21N3O7. The number of carbonyl (C=O) groups excluding carboxylic acids is 2. The molecule has 0 bridgehead atoms. The van der Waals surface area contributed by atoms with Crippen LogP contribution in [0.2, 0.25) is 0 Å². The second-order valence-corrected chi connectivity index (χ2v) is 5.22. The van der Waals surface area contributed by atoms with Crippen LogP contribution in [0.1, 0.15) is 25.7 Å². The maximum Gasteiger partial charge on any atom is 0.328 e. The van der Waals surface area contributed by atoms with Gasteiger partial charge in [-0.2, -0.15) is 0 Å². The van der Waals surface area contributed by atoms with Crippen LogP contribution < -0.4 is 16.0 Å². The van der Waals surface area contributed by atoms with Crippen LogP contribution >= 0.6 is 0 Å². The van der Waals surface area contributed by atoms with Crippen LogP contribution in [0.5, 0.6) is 0 Å². The number of carboxylic acids is 2. The molecule has 0 saturated carbocycles. The van der Waals surface area contributed by atoms with Crippen molar-refractivity contribution in [3.05, 3.63) is 0 Å². The van der Waals surface area contributed by atoms with Crippen LogP contribution in [0.25, 0.3) is 0 Å². The van der Waals surface area contributed by atoms with Gasteiger partial charge in [0, 0.05) is 6.42 Å². The fourth-order valence-corrected chi connectivity index (χ4v) is 2.18. The Hall–Kier alpha value is -2.20. The van der Waals surface area contributed by atoms with E-state index in [1.807, 2.05) is 0 Å². The first-order chi connectivity index (χ1) is 10.8. The van der Waals surface area contributed by atoms with Crippen LogP contribution in [0.3, 0.4) is 0 Å². The molecule has 1 fully saturated rings. The number of rotatable bonds is 9. The number of hydrogen-bond donors (Lipinski definition) is 6. The molecule has 0 radical (unpaired) electrons. The Morgan fingerprint density at radius 3 is 2.30 bits per heavy atom. The van der Waals surface area contributed by atoms with E-state index < -0.39 is 48.5 Å². The minimum atomic E-state index is -1.52. The van der Waals surface area contributed by atoms with Gasteiger partial charge in [-0.25, -0.2) is 4.79 Å². The standard InChI is InChI=1S/C13H21N3O7/c17-6-9(13(22)23)16-12(21)8(3-4-10(18)19)15-11(20)7-2-1-5-14-7/h7-9,14,17H,1-6H2,(H,15,20)(H,16,21)(H,18,19)(H,22,23)/t7-,8-,9-/m0/s1. The van der Waals surface area contributed by atoms with Crippen molar-refractivity contribution < 1.29 is 34.5 Å². The zero-order chi connectivity index (χ0) is 17.4. The molecule has 23 heavy (non-hydrogen) atoms. The van der Waals surface area contributed by atoms with Crippen molar-refractivity contribution >= 4 is 23.8 Å². The summed E-state index contributed by atoms with van der Waals surface area (Å²) in [5.41, 5.74) is 0. The van der Waals surface area contributed by atoms with E-state index in [0.717, 1.165) is 6.42 Å². The van der Waals surface area contributed by atoms with Gasteiger partial charge in [0.25, 0.3) is 0 Å². The molecule has 0 spiro atoms. The van der Waals surface area contributed by atoms with Gasteiger partial charge in [-0.15, -0.1) is 0 Å². The van der Waals surface area contributed by atoms with Crippen molar-refractivity contribution in [2.45, 2.75) is 43.8 Å². The lowest BCUT2D eigenvalue weighted by Crippen LogP contribution is -2.55. The molecule has 1 saturated heterocycles. The average molecular weight is 331 g/mol. The fraction of sp³-hybridized carbons (Fsp3) is 0.692. The lowest BCUT2D eigenvalue weighted by molar-refractivity contribution is -0.144. The van der Waals surface area contributed by atoms with Gasteiger partial charge in [0.15, 0.2) is 0 Å². The number of hydrogen-bond acceptors (Lipinski definition) is 6. The topological polar surface area (TPSA) is 165 Å². The molecule has 10 heteroatoms. The molecule has 3 atom stereocenters. The maximum absolute atomic E-state index is 12.1. The van der Waals surface area contributed by atoms with Crippen molar-refractivity contribution in [2.75, 3.05) is 13.2 Å². The van der Waals surface area contributed by atoms with Crippen molar-refractivity contribution in [2.24, 2.45) is 0 Å². The predicted molar refractivity (Wildman–Crippen MR) is 76.5 cm³/mol. The molecule has 0 aromatic heterocycles. The first-order valence-corrected chi connectivity index (χ1v) is 7.24. The molecule has 0 aliphatic carbocycles. The maximum atomic E-state index is 12.1. The Morgan fingerprint density at radius 1 is 1.13 bits per heavy atom. The minimum Gasteiger partial charge on any atom is -0.481 e. The summed E-state index contributed by atoms with van der Waals surface area (Å²) in [6, 6.07) is -3.16. The second-order valence-electron chi connectivity index (χ2n) is 5.22. The Bertz CT molecular complexity index is 462. The third-order valence-corrected chi connectivity index (χ3v) is 3.45. The van der Waals surface area contributed by atoms with Crippen molar-refractivity contribution in [1.82, 2.24) is 16.0 Å². The van der Waals surface area contributed by atoms with E-state index in [1.54, 1.807) is 0 Å². The zero-order valence-corrected chi connectivity index (χ0v) is 12.4. The van der Waals surface area contributed by atoms with E-state index in [2.05, 4.69) is 16.0 Å². The molecule has 130 valence electrons. The first kappa shape index (κ1) is 18.8. The highest BCUT2D eigenvalue weighted by molar-refractivity contribution is 5.92. The number of aliphatic carboxylic acids is 2. The van der Waals surface area contributed by atoms with Crippen LogP contribution in [-0.4, -0.2) is 70.3 Å². The first-order valence-electron chi connectivity index (χ1n) is 7.24. The van der Waals surface area contributed by atoms with E-state index in [9.17, 15) is 19.2 Å². The van der Waals surface area contributed by atoms with E-state index in [4.69, 9.17) is 15.3 Å². The SMILES string of the molecule is O=C(O)CC[C@H](NC(=O)[C@@H]1CCCN1)C(=O)N[C@@H](CO)C(=O)O. The van der Waals surface area contributed by atoms with Gasteiger partial charge < -0.3 is 31.3 Å². The monoisotopic (exact) mass is 331 g/mol. The Morgan fingerprint density at radius 2 is 1.83 bits per heavy atom. The van der Waals surface area contributed by atoms with E-state index in [0.29, 0.717) is 13.0 Å². The summed E-state index contributed by atoms with van der Waals surface area (Å²) in [6.45, 7) is -0.138. The number of aliphatic hydroxyl groups is 1. The molecular weight excluding hydrogens is 310 g/mol. The fourth-order valence-electron chi connectivity index (χ4n) is 2.18. The summed E-state index contributed by atoms with van der Waals surface area (Å²) in [7, 11) is 0. The largest absolute Gasteiger partial charge is 0.481 e.